The Morgan fingerprint density at radius 1 is 0.868 bits per heavy atom. The van der Waals surface area contributed by atoms with Crippen LogP contribution in [0.1, 0.15) is 45.1 Å². The average Bonchev–Trinajstić information content (AvgIpc) is 2.84. The van der Waals surface area contributed by atoms with Crippen molar-refractivity contribution in [1.82, 2.24) is 16.0 Å². The summed E-state index contributed by atoms with van der Waals surface area (Å²) in [6.45, 7) is 3.34. The SMILES string of the molecule is CCC(C)C(NC(=O)C(CC(N)=O)NC(=O)C(CCC(N)=O)NC(=O)C(N)Cc1ccc(O)cc1)C(=O)O. The number of aliphatic carboxylic acids is 1. The zero-order valence-electron chi connectivity index (χ0n) is 21.3. The lowest BCUT2D eigenvalue weighted by atomic mass is 9.98. The fourth-order valence-corrected chi connectivity index (χ4v) is 3.43. The van der Waals surface area contributed by atoms with Gasteiger partial charge in [-0.2, -0.15) is 0 Å². The molecule has 0 fully saturated rings. The van der Waals surface area contributed by atoms with Crippen molar-refractivity contribution < 1.29 is 39.0 Å². The number of carboxylic acids is 1. The van der Waals surface area contributed by atoms with Gasteiger partial charge in [-0.3, -0.25) is 24.0 Å². The van der Waals surface area contributed by atoms with E-state index in [1.54, 1.807) is 26.0 Å². The largest absolute Gasteiger partial charge is 0.508 e. The molecule has 0 aromatic heterocycles. The molecule has 38 heavy (non-hydrogen) atoms. The third-order valence-corrected chi connectivity index (χ3v) is 5.86. The van der Waals surface area contributed by atoms with Crippen molar-refractivity contribution in [2.24, 2.45) is 23.1 Å². The normalized spacial score (nSPS) is 14.7. The minimum Gasteiger partial charge on any atom is -0.508 e. The standard InChI is InChI=1S/C24H36N6O8/c1-3-12(2)20(24(37)38)30-23(36)17(11-19(27)33)29-22(35)16(8-9-18(26)32)28-21(34)15(25)10-13-4-6-14(31)7-5-13/h4-7,12,15-17,20,31H,3,8-11,25H2,1-2H3,(H2,26,32)(H2,27,33)(H,28,34)(H,29,35)(H,30,36)(H,37,38). The Kier molecular flexibility index (Phi) is 12.7. The molecule has 11 N–H and O–H groups in total. The van der Waals surface area contributed by atoms with Crippen molar-refractivity contribution in [3.8, 4) is 5.75 Å². The van der Waals surface area contributed by atoms with Crippen LogP contribution >= 0.6 is 0 Å². The van der Waals surface area contributed by atoms with Crippen molar-refractivity contribution in [1.29, 1.82) is 0 Å². The van der Waals surface area contributed by atoms with Crippen LogP contribution in [0.4, 0.5) is 0 Å². The predicted octanol–water partition coefficient (Wildman–Crippen LogP) is -2.01. The Bertz CT molecular complexity index is 1020. The fourth-order valence-electron chi connectivity index (χ4n) is 3.43. The van der Waals surface area contributed by atoms with E-state index in [1.165, 1.54) is 12.1 Å². The minimum atomic E-state index is -1.55. The number of carbonyl (C=O) groups is 6. The number of aromatic hydroxyl groups is 1. The maximum absolute atomic E-state index is 13.0. The van der Waals surface area contributed by atoms with E-state index in [-0.39, 0.29) is 25.0 Å². The highest BCUT2D eigenvalue weighted by Gasteiger charge is 2.32. The second kappa shape index (κ2) is 15.1. The molecule has 1 rings (SSSR count). The van der Waals surface area contributed by atoms with Gasteiger partial charge in [-0.25, -0.2) is 4.79 Å². The van der Waals surface area contributed by atoms with Crippen LogP contribution in [-0.2, 0) is 35.2 Å². The average molecular weight is 537 g/mol. The highest BCUT2D eigenvalue weighted by atomic mass is 16.4. The summed E-state index contributed by atoms with van der Waals surface area (Å²) in [6, 6.07) is 0.654. The summed E-state index contributed by atoms with van der Waals surface area (Å²) in [5.41, 5.74) is 17.0. The van der Waals surface area contributed by atoms with Crippen LogP contribution in [0.2, 0.25) is 0 Å². The Labute approximate surface area is 219 Å². The predicted molar refractivity (Wildman–Crippen MR) is 135 cm³/mol. The number of phenols is 1. The summed E-state index contributed by atoms with van der Waals surface area (Å²) < 4.78 is 0. The van der Waals surface area contributed by atoms with Crippen LogP contribution in [0.25, 0.3) is 0 Å². The number of rotatable bonds is 16. The number of nitrogens with one attached hydrogen (secondary N) is 3. The number of benzene rings is 1. The first kappa shape index (κ1) is 31.8. The zero-order valence-corrected chi connectivity index (χ0v) is 21.3. The number of primary amides is 2. The molecule has 0 saturated heterocycles. The maximum atomic E-state index is 13.0. The summed E-state index contributed by atoms with van der Waals surface area (Å²) in [6.07, 6.45) is -0.701. The van der Waals surface area contributed by atoms with Gasteiger partial charge in [-0.1, -0.05) is 32.4 Å². The minimum absolute atomic E-state index is 0.0309. The monoisotopic (exact) mass is 536 g/mol. The van der Waals surface area contributed by atoms with Crippen LogP contribution < -0.4 is 33.2 Å². The first-order chi connectivity index (χ1) is 17.7. The number of nitrogens with two attached hydrogens (primary N) is 3. The van der Waals surface area contributed by atoms with Crippen molar-refractivity contribution in [3.63, 3.8) is 0 Å². The van der Waals surface area contributed by atoms with Gasteiger partial charge in [0.05, 0.1) is 12.5 Å². The smallest absolute Gasteiger partial charge is 0.326 e. The lowest BCUT2D eigenvalue weighted by Gasteiger charge is -2.26. The third-order valence-electron chi connectivity index (χ3n) is 5.86. The van der Waals surface area contributed by atoms with Crippen LogP contribution in [-0.4, -0.2) is 69.9 Å². The summed E-state index contributed by atoms with van der Waals surface area (Å²) in [4.78, 5) is 73.0. The Morgan fingerprint density at radius 2 is 1.42 bits per heavy atom. The third kappa shape index (κ3) is 10.8. The van der Waals surface area contributed by atoms with Gasteiger partial charge >= 0.3 is 5.97 Å². The van der Waals surface area contributed by atoms with Crippen molar-refractivity contribution >= 4 is 35.5 Å². The van der Waals surface area contributed by atoms with E-state index >= 15 is 0 Å². The lowest BCUT2D eigenvalue weighted by Crippen LogP contribution is -2.58. The van der Waals surface area contributed by atoms with Gasteiger partial charge in [0.15, 0.2) is 0 Å². The van der Waals surface area contributed by atoms with Gasteiger partial charge in [0.2, 0.25) is 29.5 Å². The zero-order chi connectivity index (χ0) is 29.0. The van der Waals surface area contributed by atoms with Crippen LogP contribution in [0.5, 0.6) is 5.75 Å². The van der Waals surface area contributed by atoms with E-state index in [1.807, 2.05) is 0 Å². The molecule has 0 heterocycles. The van der Waals surface area contributed by atoms with Crippen LogP contribution in [0, 0.1) is 5.92 Å². The van der Waals surface area contributed by atoms with Crippen LogP contribution in [0.15, 0.2) is 24.3 Å². The molecule has 0 radical (unpaired) electrons. The van der Waals surface area contributed by atoms with E-state index in [0.717, 1.165) is 0 Å². The van der Waals surface area contributed by atoms with E-state index in [2.05, 4.69) is 16.0 Å². The lowest BCUT2D eigenvalue weighted by molar-refractivity contribution is -0.144. The van der Waals surface area contributed by atoms with E-state index in [0.29, 0.717) is 12.0 Å². The number of phenolic OH excluding ortho intramolecular Hbond substituents is 1. The number of hydrogen-bond acceptors (Lipinski definition) is 8. The first-order valence-electron chi connectivity index (χ1n) is 12.0. The fraction of sp³-hybridized carbons (Fsp3) is 0.500. The Hall–Kier alpha value is -4.20. The van der Waals surface area contributed by atoms with Gasteiger partial charge < -0.3 is 43.4 Å². The molecular formula is C24H36N6O8. The molecule has 210 valence electrons. The number of hydrogen-bond donors (Lipinski definition) is 8. The molecule has 0 aliphatic rings. The molecule has 0 saturated carbocycles. The van der Waals surface area contributed by atoms with Gasteiger partial charge in [-0.15, -0.1) is 0 Å². The summed E-state index contributed by atoms with van der Waals surface area (Å²) >= 11 is 0. The van der Waals surface area contributed by atoms with Gasteiger partial charge in [0.25, 0.3) is 0 Å². The topological polar surface area (TPSA) is 257 Å². The number of amides is 5. The summed E-state index contributed by atoms with van der Waals surface area (Å²) in [5, 5.41) is 25.8. The molecule has 1 aromatic carbocycles. The van der Waals surface area contributed by atoms with E-state index in [4.69, 9.17) is 17.2 Å². The molecule has 0 aliphatic heterocycles. The molecule has 0 spiro atoms. The quantitative estimate of drug-likeness (QED) is 0.116. The molecule has 0 bridgehead atoms. The molecule has 5 unspecified atom stereocenters. The van der Waals surface area contributed by atoms with E-state index < -0.39 is 72.0 Å². The van der Waals surface area contributed by atoms with Crippen LogP contribution in [0.3, 0.4) is 0 Å². The van der Waals surface area contributed by atoms with Gasteiger partial charge in [-0.05, 0) is 36.5 Å². The first-order valence-corrected chi connectivity index (χ1v) is 12.0. The molecule has 0 aliphatic carbocycles. The van der Waals surface area contributed by atoms with Crippen molar-refractivity contribution in [2.45, 2.75) is 70.1 Å². The molecule has 14 heteroatoms. The number of carbonyl (C=O) groups excluding carboxylic acids is 5. The van der Waals surface area contributed by atoms with Crippen molar-refractivity contribution in [3.05, 3.63) is 29.8 Å². The second-order valence-corrected chi connectivity index (χ2v) is 8.98. The summed E-state index contributed by atoms with van der Waals surface area (Å²) in [7, 11) is 0. The molecule has 5 atom stereocenters. The Morgan fingerprint density at radius 3 is 1.92 bits per heavy atom. The van der Waals surface area contributed by atoms with Crippen molar-refractivity contribution in [2.75, 3.05) is 0 Å². The molecule has 14 nitrogen and oxygen atoms in total. The molecular weight excluding hydrogens is 500 g/mol. The maximum Gasteiger partial charge on any atom is 0.326 e. The number of carboxylic acid groups (broad SMARTS) is 1. The van der Waals surface area contributed by atoms with E-state index in [9.17, 15) is 39.0 Å². The summed E-state index contributed by atoms with van der Waals surface area (Å²) in [5.74, 6) is -6.08. The van der Waals surface area contributed by atoms with Gasteiger partial charge in [0.1, 0.15) is 23.9 Å². The Balaban J connectivity index is 3.03. The second-order valence-electron chi connectivity index (χ2n) is 8.98. The highest BCUT2D eigenvalue weighted by Crippen LogP contribution is 2.12. The molecule has 5 amide bonds. The highest BCUT2D eigenvalue weighted by molar-refractivity contribution is 5.96. The van der Waals surface area contributed by atoms with Gasteiger partial charge in [0, 0.05) is 6.42 Å². The molecule has 1 aromatic rings.